The molecule has 6 N–H and O–H groups in total. The molecule has 14 heteroatoms. The molecule has 0 aromatic carbocycles. The molecule has 0 bridgehead atoms. The maximum Gasteiger partial charge on any atom is 0.326 e. The number of carboxylic acid groups (broad SMARTS) is 1. The summed E-state index contributed by atoms with van der Waals surface area (Å²) in [5.41, 5.74) is 0. The Morgan fingerprint density at radius 1 is 0.545 bits per heavy atom. The van der Waals surface area contributed by atoms with Gasteiger partial charge in [-0.2, -0.15) is 0 Å². The zero-order chi connectivity index (χ0) is 28.9. The summed E-state index contributed by atoms with van der Waals surface area (Å²) in [5, 5.41) is 59.3. The van der Waals surface area contributed by atoms with Crippen molar-refractivity contribution in [3.8, 4) is 0 Å². The zero-order valence-electron chi connectivity index (χ0n) is 27.0. The minimum Gasteiger partial charge on any atom is -0.480 e. The van der Waals surface area contributed by atoms with Crippen molar-refractivity contribution in [2.75, 3.05) is 13.2 Å². The minimum absolute atomic E-state index is 0. The van der Waals surface area contributed by atoms with Gasteiger partial charge in [-0.25, -0.2) is 4.79 Å². The number of aliphatic hydroxyl groups is 5. The number of carbonyl (C=O) groups excluding carboxylic acids is 1. The molecule has 5 atom stereocenters. The topological polar surface area (TPSA) is 159 Å². The fraction of sp³-hybridized carbons (Fsp3) is 0.933. The van der Waals surface area contributed by atoms with Crippen LogP contribution in [0.1, 0.15) is 135 Å². The van der Waals surface area contributed by atoms with E-state index in [-0.39, 0.29) is 233 Å². The van der Waals surface area contributed by atoms with Gasteiger partial charge in [0.05, 0.1) is 6.61 Å². The first-order chi connectivity index (χ1) is 18.8. The smallest absolute Gasteiger partial charge is 0.326 e. The van der Waals surface area contributed by atoms with Crippen LogP contribution in [0, 0.1) is 220 Å². The van der Waals surface area contributed by atoms with E-state index < -0.39 is 48.9 Å². The average Bonchev–Trinajstić information content (AvgIpc) is 2.93. The van der Waals surface area contributed by atoms with Crippen molar-refractivity contribution in [3.63, 3.8) is 0 Å². The van der Waals surface area contributed by atoms with Gasteiger partial charge < -0.3 is 35.5 Å². The van der Waals surface area contributed by atoms with Gasteiger partial charge in [0.15, 0.2) is 6.10 Å². The average molecular weight is 1690 g/mol. The molecular weight excluding hydrogens is 1640 g/mol. The van der Waals surface area contributed by atoms with Gasteiger partial charge in [-0.1, -0.05) is 122 Å². The van der Waals surface area contributed by atoms with Crippen LogP contribution in [0.3, 0.4) is 0 Å². The quantitative estimate of drug-likeness (QED) is 0.234. The molecule has 245 valence electrons. The van der Waals surface area contributed by atoms with E-state index in [1.54, 1.807) is 0 Å². The van der Waals surface area contributed by atoms with Crippen LogP contribution in [0.15, 0.2) is 0 Å². The number of hydrogen-bond donors (Lipinski definition) is 6. The molecule has 1 saturated heterocycles. The Morgan fingerprint density at radius 2 is 0.864 bits per heavy atom. The molecule has 1 amide bonds. The van der Waals surface area contributed by atoms with Crippen LogP contribution < -0.4 is 0 Å². The Labute approximate surface area is 445 Å². The monoisotopic (exact) mass is 1690 g/mol. The van der Waals surface area contributed by atoms with Gasteiger partial charge >= 0.3 is 5.97 Å². The molecule has 0 spiro atoms. The molecule has 1 unspecified atom stereocenters. The standard InChI is InChI=1S/C30H57NO8.5Ac/c32-23-25(33)26(34)27(35)28(36)29(37)31-22-20-18-16-14-12-10-8-6-4-2-1-3-5-7-9-11-13-15-17-19-21-24(31)30(38)39;;;;;/h24-28,32-36H,1-23H2,(H,38,39);;;;;/t24?,25-,26-,27+,28-;;;;;/m1...../s1. The van der Waals surface area contributed by atoms with E-state index in [1.807, 2.05) is 0 Å². The largest absolute Gasteiger partial charge is 0.480 e. The fourth-order valence-electron chi connectivity index (χ4n) is 5.47. The summed E-state index contributed by atoms with van der Waals surface area (Å²) < 4.78 is 0. The minimum atomic E-state index is -2.12. The molecule has 1 rings (SSSR count). The van der Waals surface area contributed by atoms with Crippen LogP contribution in [0.4, 0.5) is 0 Å². The van der Waals surface area contributed by atoms with Crippen molar-refractivity contribution in [2.45, 2.75) is 165 Å². The van der Waals surface area contributed by atoms with Crippen LogP contribution in [0.2, 0.25) is 0 Å². The van der Waals surface area contributed by atoms with Gasteiger partial charge in [-0.3, -0.25) is 4.79 Å². The van der Waals surface area contributed by atoms with Crippen molar-refractivity contribution in [3.05, 3.63) is 0 Å². The third kappa shape index (κ3) is 28.5. The number of aliphatic carboxylic acids is 1. The van der Waals surface area contributed by atoms with Crippen LogP contribution in [-0.4, -0.2) is 91.0 Å². The molecule has 0 aliphatic carbocycles. The van der Waals surface area contributed by atoms with Gasteiger partial charge in [0.2, 0.25) is 0 Å². The van der Waals surface area contributed by atoms with Crippen molar-refractivity contribution in [1.82, 2.24) is 4.90 Å². The number of amides is 1. The van der Waals surface area contributed by atoms with E-state index in [2.05, 4.69) is 0 Å². The van der Waals surface area contributed by atoms with Crippen LogP contribution in [-0.2, 0) is 9.59 Å². The van der Waals surface area contributed by atoms with E-state index >= 15 is 0 Å². The number of carboxylic acids is 1. The maximum absolute atomic E-state index is 13.2. The summed E-state index contributed by atoms with van der Waals surface area (Å²) in [7, 11) is 0. The van der Waals surface area contributed by atoms with E-state index in [4.69, 9.17) is 5.11 Å². The van der Waals surface area contributed by atoms with Crippen molar-refractivity contribution in [2.24, 2.45) is 0 Å². The first kappa shape index (κ1) is 59.2. The molecule has 1 aliphatic heterocycles. The van der Waals surface area contributed by atoms with Gasteiger partial charge in [0, 0.05) is 227 Å². The number of nitrogens with zero attached hydrogens (tertiary/aromatic N) is 1. The second kappa shape index (κ2) is 40.1. The molecule has 5 radical (unpaired) electrons. The van der Waals surface area contributed by atoms with Gasteiger partial charge in [-0.15, -0.1) is 0 Å². The van der Waals surface area contributed by atoms with E-state index in [9.17, 15) is 35.1 Å². The molecule has 0 saturated carbocycles. The van der Waals surface area contributed by atoms with Gasteiger partial charge in [0.25, 0.3) is 5.91 Å². The first-order valence-corrected chi connectivity index (χ1v) is 15.7. The molecule has 44 heavy (non-hydrogen) atoms. The second-order valence-electron chi connectivity index (χ2n) is 11.4. The molecule has 0 aromatic rings. The van der Waals surface area contributed by atoms with Crippen molar-refractivity contribution < 1.29 is 261 Å². The Balaban J connectivity index is -0.00000101. The number of aliphatic hydroxyl groups excluding tert-OH is 5. The Hall–Kier alpha value is 5.95. The Kier molecular flexibility index (Phi) is 54.0. The zero-order valence-corrected chi connectivity index (χ0v) is 50.7. The Morgan fingerprint density at radius 3 is 1.18 bits per heavy atom. The summed E-state index contributed by atoms with van der Waals surface area (Å²) in [6.07, 6.45) is 14.7. The maximum atomic E-state index is 13.2. The van der Waals surface area contributed by atoms with Gasteiger partial charge in [0.1, 0.15) is 24.4 Å². The van der Waals surface area contributed by atoms with E-state index in [0.29, 0.717) is 12.8 Å². The van der Waals surface area contributed by atoms with Crippen LogP contribution in [0.5, 0.6) is 0 Å². The molecule has 1 fully saturated rings. The summed E-state index contributed by atoms with van der Waals surface area (Å²) >= 11 is 0. The molecule has 1 aliphatic rings. The third-order valence-electron chi connectivity index (χ3n) is 8.08. The SMILES string of the molecule is O=C(O)C1CCCCCCCCCCCCCCCCCCCCCCN1C(=O)[C@H](O)[C@@H](O)[C@H](O)[C@H](O)CO.[Ac].[Ac].[Ac].[Ac].[Ac]. The van der Waals surface area contributed by atoms with E-state index in [1.165, 1.54) is 70.6 Å². The summed E-state index contributed by atoms with van der Waals surface area (Å²) in [5.74, 6) is -2.15. The second-order valence-corrected chi connectivity index (χ2v) is 11.4. The number of carbonyl (C=O) groups is 2. The van der Waals surface area contributed by atoms with Crippen molar-refractivity contribution in [1.29, 1.82) is 0 Å². The Bertz CT molecular complexity index is 657. The number of hydrogen-bond acceptors (Lipinski definition) is 7. The van der Waals surface area contributed by atoms with Crippen LogP contribution in [0.25, 0.3) is 0 Å². The molecule has 1 heterocycles. The van der Waals surface area contributed by atoms with E-state index in [0.717, 1.165) is 49.8 Å². The number of rotatable bonds is 6. The third-order valence-corrected chi connectivity index (χ3v) is 8.08. The predicted molar refractivity (Wildman–Crippen MR) is 151 cm³/mol. The predicted octanol–water partition coefficient (Wildman–Crippen LogP) is 3.91. The summed E-state index contributed by atoms with van der Waals surface area (Å²) in [6, 6.07) is -1.15. The van der Waals surface area contributed by atoms with Gasteiger partial charge in [-0.05, 0) is 12.8 Å². The van der Waals surface area contributed by atoms with Crippen LogP contribution >= 0.6 is 0 Å². The summed E-state index contributed by atoms with van der Waals surface area (Å²) in [6.45, 7) is -0.737. The summed E-state index contributed by atoms with van der Waals surface area (Å²) in [4.78, 5) is 26.5. The fourth-order valence-corrected chi connectivity index (χ4v) is 5.47. The normalized spacial score (nSPS) is 21.8. The van der Waals surface area contributed by atoms with Crippen molar-refractivity contribution >= 4 is 11.9 Å². The molecular formula is C30H57Ac5NO8. The molecule has 9 nitrogen and oxygen atoms in total. The first-order valence-electron chi connectivity index (χ1n) is 15.7. The molecule has 0 aromatic heterocycles.